The number of anilines is 2. The molecule has 2 aromatic heterocycles. The van der Waals surface area contributed by atoms with E-state index in [0.717, 1.165) is 12.1 Å². The molecule has 0 saturated carbocycles. The monoisotopic (exact) mass is 559 g/mol. The second-order valence-electron chi connectivity index (χ2n) is 8.95. The van der Waals surface area contributed by atoms with E-state index in [1.54, 1.807) is 6.92 Å². The second-order valence-corrected chi connectivity index (χ2v) is 8.95. The van der Waals surface area contributed by atoms with Crippen LogP contribution >= 0.6 is 0 Å². The Bertz CT molecular complexity index is 1590. The van der Waals surface area contributed by atoms with E-state index in [4.69, 9.17) is 4.74 Å². The Hall–Kier alpha value is -4.68. The van der Waals surface area contributed by atoms with Gasteiger partial charge in [-0.25, -0.2) is 22.5 Å². The summed E-state index contributed by atoms with van der Waals surface area (Å²) in [5, 5.41) is 4.36. The van der Waals surface area contributed by atoms with E-state index in [0.29, 0.717) is 0 Å². The Morgan fingerprint density at radius 1 is 1.00 bits per heavy atom. The molecular formula is C27H25F4N5O4. The number of rotatable bonds is 8. The van der Waals surface area contributed by atoms with Crippen molar-refractivity contribution in [2.24, 2.45) is 0 Å². The molecule has 1 atom stereocenters. The predicted octanol–water partition coefficient (Wildman–Crippen LogP) is 4.75. The first-order chi connectivity index (χ1) is 19.0. The van der Waals surface area contributed by atoms with E-state index in [-0.39, 0.29) is 46.3 Å². The summed E-state index contributed by atoms with van der Waals surface area (Å²) in [6, 6.07) is 7.91. The molecule has 13 heteroatoms. The van der Waals surface area contributed by atoms with Gasteiger partial charge in [-0.2, -0.15) is 9.61 Å². The number of fused-ring (bicyclic) bond motifs is 1. The summed E-state index contributed by atoms with van der Waals surface area (Å²) in [6.07, 6.45) is -0.0583. The number of esters is 1. The molecule has 2 aromatic carbocycles. The van der Waals surface area contributed by atoms with Crippen molar-refractivity contribution < 1.29 is 36.6 Å². The number of benzene rings is 2. The molecule has 0 aliphatic heterocycles. The average Bonchev–Trinajstić information content (AvgIpc) is 3.37. The van der Waals surface area contributed by atoms with Gasteiger partial charge in [0.15, 0.2) is 34.6 Å². The minimum Gasteiger partial charge on any atom is -0.494 e. The molecule has 1 amide bonds. The molecule has 0 spiro atoms. The molecule has 0 radical (unpaired) electrons. The van der Waals surface area contributed by atoms with Gasteiger partial charge >= 0.3 is 5.97 Å². The summed E-state index contributed by atoms with van der Waals surface area (Å²) in [6.45, 7) is 1.66. The molecule has 40 heavy (non-hydrogen) atoms. The molecule has 4 rings (SSSR count). The molecule has 0 N–H and O–H groups in total. The molecule has 4 aromatic rings. The first-order valence-corrected chi connectivity index (χ1v) is 11.9. The van der Waals surface area contributed by atoms with Crippen LogP contribution in [0.1, 0.15) is 23.8 Å². The van der Waals surface area contributed by atoms with Gasteiger partial charge in [0.25, 0.3) is 5.91 Å². The van der Waals surface area contributed by atoms with Crippen LogP contribution in [-0.2, 0) is 9.53 Å². The second kappa shape index (κ2) is 11.2. The van der Waals surface area contributed by atoms with Crippen LogP contribution in [0.5, 0.6) is 5.75 Å². The Morgan fingerprint density at radius 2 is 1.68 bits per heavy atom. The molecule has 0 bridgehead atoms. The number of amides is 1. The van der Waals surface area contributed by atoms with Gasteiger partial charge in [0.05, 0.1) is 26.3 Å². The summed E-state index contributed by atoms with van der Waals surface area (Å²) in [4.78, 5) is 32.0. The zero-order valence-corrected chi connectivity index (χ0v) is 22.2. The van der Waals surface area contributed by atoms with Crippen molar-refractivity contribution in [1.82, 2.24) is 19.5 Å². The normalized spacial score (nSPS) is 11.8. The SMILES string of the molecule is COC(=O)CC(C)N(C)C(=O)c1cc2nc(-c3cc(F)c(F)c(F)c3)cc(N(C)c3c(F)cccc3OC)n2n1. The predicted molar refractivity (Wildman–Crippen MR) is 138 cm³/mol. The standard InChI is InChI=1S/C27H25F4N5O4/c1-14(9-24(37)40-5)34(2)27(38)20-12-22-32-19(15-10-17(29)25(31)18(30)11-15)13-23(36(22)33-20)35(3)26-16(28)7-6-8-21(26)39-4/h6-8,10-14H,9H2,1-5H3. The van der Waals surface area contributed by atoms with Crippen LogP contribution in [0.15, 0.2) is 42.5 Å². The molecule has 0 aliphatic carbocycles. The minimum absolute atomic E-state index is 0.00577. The third kappa shape index (κ3) is 5.26. The summed E-state index contributed by atoms with van der Waals surface area (Å²) < 4.78 is 68.1. The maximum atomic E-state index is 15.0. The van der Waals surface area contributed by atoms with Gasteiger partial charge in [0, 0.05) is 37.8 Å². The number of nitrogens with zero attached hydrogens (tertiary/aromatic N) is 5. The van der Waals surface area contributed by atoms with Gasteiger partial charge in [-0.15, -0.1) is 0 Å². The number of hydrogen-bond acceptors (Lipinski definition) is 7. The molecule has 1 unspecified atom stereocenters. The number of carbonyl (C=O) groups is 2. The van der Waals surface area contributed by atoms with Crippen LogP contribution in [-0.4, -0.2) is 65.7 Å². The number of halogens is 4. The van der Waals surface area contributed by atoms with Gasteiger partial charge in [-0.1, -0.05) is 6.07 Å². The largest absolute Gasteiger partial charge is 0.494 e. The number of ether oxygens (including phenoxy) is 2. The van der Waals surface area contributed by atoms with Crippen molar-refractivity contribution in [2.45, 2.75) is 19.4 Å². The third-order valence-corrected chi connectivity index (χ3v) is 6.43. The highest BCUT2D eigenvalue weighted by Gasteiger charge is 2.26. The lowest BCUT2D eigenvalue weighted by molar-refractivity contribution is -0.141. The van der Waals surface area contributed by atoms with Crippen molar-refractivity contribution >= 4 is 29.0 Å². The summed E-state index contributed by atoms with van der Waals surface area (Å²) in [5.74, 6) is -5.88. The van der Waals surface area contributed by atoms with Crippen LogP contribution in [0.3, 0.4) is 0 Å². The Balaban J connectivity index is 1.90. The number of aromatic nitrogens is 3. The number of carbonyl (C=O) groups excluding carboxylic acids is 2. The van der Waals surface area contributed by atoms with Crippen molar-refractivity contribution in [3.63, 3.8) is 0 Å². The summed E-state index contributed by atoms with van der Waals surface area (Å²) in [5.41, 5.74) is -0.111. The zero-order valence-electron chi connectivity index (χ0n) is 22.2. The van der Waals surface area contributed by atoms with Crippen molar-refractivity contribution in [1.29, 1.82) is 0 Å². The molecular weight excluding hydrogens is 534 g/mol. The van der Waals surface area contributed by atoms with Crippen molar-refractivity contribution in [2.75, 3.05) is 33.2 Å². The van der Waals surface area contributed by atoms with Crippen LogP contribution in [0.4, 0.5) is 29.1 Å². The quantitative estimate of drug-likeness (QED) is 0.175. The van der Waals surface area contributed by atoms with E-state index in [1.807, 2.05) is 0 Å². The lowest BCUT2D eigenvalue weighted by atomic mass is 10.1. The lowest BCUT2D eigenvalue weighted by Crippen LogP contribution is -2.37. The zero-order chi connectivity index (χ0) is 29.3. The highest BCUT2D eigenvalue weighted by molar-refractivity contribution is 5.94. The van der Waals surface area contributed by atoms with E-state index < -0.39 is 41.2 Å². The summed E-state index contributed by atoms with van der Waals surface area (Å²) >= 11 is 0. The Labute approximate surface area is 226 Å². The first-order valence-electron chi connectivity index (χ1n) is 11.9. The van der Waals surface area contributed by atoms with Crippen molar-refractivity contribution in [3.05, 3.63) is 71.4 Å². The van der Waals surface area contributed by atoms with E-state index >= 15 is 4.39 Å². The highest BCUT2D eigenvalue weighted by atomic mass is 19.2. The van der Waals surface area contributed by atoms with Crippen LogP contribution < -0.4 is 9.64 Å². The number of hydrogen-bond donors (Lipinski definition) is 0. The van der Waals surface area contributed by atoms with E-state index in [2.05, 4.69) is 14.8 Å². The number of methoxy groups -OCH3 is 2. The Kier molecular flexibility index (Phi) is 7.93. The molecule has 9 nitrogen and oxygen atoms in total. The topological polar surface area (TPSA) is 89.3 Å². The van der Waals surface area contributed by atoms with E-state index in [1.165, 1.54) is 73.0 Å². The number of para-hydroxylation sites is 1. The van der Waals surface area contributed by atoms with Crippen LogP contribution in [0.2, 0.25) is 0 Å². The van der Waals surface area contributed by atoms with E-state index in [9.17, 15) is 22.8 Å². The van der Waals surface area contributed by atoms with Gasteiger partial charge in [-0.3, -0.25) is 9.59 Å². The highest BCUT2D eigenvalue weighted by Crippen LogP contribution is 2.36. The maximum absolute atomic E-state index is 15.0. The fourth-order valence-electron chi connectivity index (χ4n) is 4.10. The van der Waals surface area contributed by atoms with Gasteiger partial charge in [-0.05, 0) is 31.2 Å². The van der Waals surface area contributed by atoms with Crippen LogP contribution in [0.25, 0.3) is 16.9 Å². The van der Waals surface area contributed by atoms with Crippen LogP contribution in [0, 0.1) is 23.3 Å². The third-order valence-electron chi connectivity index (χ3n) is 6.43. The van der Waals surface area contributed by atoms with Gasteiger partial charge in [0.2, 0.25) is 0 Å². The first kappa shape index (κ1) is 28.3. The van der Waals surface area contributed by atoms with Gasteiger partial charge in [0.1, 0.15) is 17.3 Å². The van der Waals surface area contributed by atoms with Gasteiger partial charge < -0.3 is 19.3 Å². The molecule has 210 valence electrons. The minimum atomic E-state index is -1.64. The lowest BCUT2D eigenvalue weighted by Gasteiger charge is -2.24. The smallest absolute Gasteiger partial charge is 0.307 e. The fourth-order valence-corrected chi connectivity index (χ4v) is 4.10. The fraction of sp³-hybridized carbons (Fsp3) is 0.259. The molecule has 0 saturated heterocycles. The average molecular weight is 560 g/mol. The summed E-state index contributed by atoms with van der Waals surface area (Å²) in [7, 11) is 5.59. The molecule has 2 heterocycles. The Morgan fingerprint density at radius 3 is 2.30 bits per heavy atom. The molecule has 0 fully saturated rings. The van der Waals surface area contributed by atoms with Crippen molar-refractivity contribution in [3.8, 4) is 17.0 Å². The maximum Gasteiger partial charge on any atom is 0.307 e. The molecule has 0 aliphatic rings.